The van der Waals surface area contributed by atoms with Crippen LogP contribution in [0.3, 0.4) is 0 Å². The Balaban J connectivity index is 2.04. The molecular formula is C13H19N3O. The summed E-state index contributed by atoms with van der Waals surface area (Å²) >= 11 is 0. The molecule has 1 aromatic rings. The zero-order valence-corrected chi connectivity index (χ0v) is 10.4. The van der Waals surface area contributed by atoms with Crippen LogP contribution in [-0.4, -0.2) is 37.0 Å². The van der Waals surface area contributed by atoms with E-state index in [1.54, 1.807) is 6.92 Å². The number of nitrogens with two attached hydrogens (primary N) is 1. The zero-order chi connectivity index (χ0) is 12.4. The van der Waals surface area contributed by atoms with Crippen molar-refractivity contribution in [1.29, 1.82) is 0 Å². The third-order valence-electron chi connectivity index (χ3n) is 3.46. The number of hydrogen-bond acceptors (Lipinski definition) is 3. The maximum Gasteiger partial charge on any atom is 0.219 e. The molecule has 2 rings (SSSR count). The van der Waals surface area contributed by atoms with Gasteiger partial charge in [-0.15, -0.1) is 0 Å². The van der Waals surface area contributed by atoms with Crippen LogP contribution >= 0.6 is 0 Å². The summed E-state index contributed by atoms with van der Waals surface area (Å²) in [5.41, 5.74) is 7.60. The number of carbonyl (C=O) groups excluding carboxylic acids is 1. The van der Waals surface area contributed by atoms with Crippen molar-refractivity contribution >= 4 is 17.3 Å². The van der Waals surface area contributed by atoms with Gasteiger partial charge < -0.3 is 15.5 Å². The lowest BCUT2D eigenvalue weighted by Gasteiger charge is -2.26. The molecule has 0 aromatic heterocycles. The quantitative estimate of drug-likeness (QED) is 0.784. The van der Waals surface area contributed by atoms with E-state index in [0.717, 1.165) is 30.9 Å². The fraction of sp³-hybridized carbons (Fsp3) is 0.462. The Kier molecular flexibility index (Phi) is 3.22. The first kappa shape index (κ1) is 11.8. The van der Waals surface area contributed by atoms with Crippen LogP contribution in [0.1, 0.15) is 13.3 Å². The number of rotatable bonds is 2. The van der Waals surface area contributed by atoms with Gasteiger partial charge in [0.25, 0.3) is 0 Å². The number of likely N-dealkylation sites (tertiary alicyclic amines) is 1. The fourth-order valence-electron chi connectivity index (χ4n) is 2.26. The van der Waals surface area contributed by atoms with E-state index in [0.29, 0.717) is 6.04 Å². The highest BCUT2D eigenvalue weighted by Gasteiger charge is 2.27. The standard InChI is InChI=1S/C13H19N3O/c1-10(17)16-8-7-13(9-16)15(2)12-5-3-11(14)4-6-12/h3-6,13H,7-9,14H2,1-2H3. The lowest BCUT2D eigenvalue weighted by atomic mass is 10.2. The number of hydrogen-bond donors (Lipinski definition) is 1. The van der Waals surface area contributed by atoms with Crippen LogP contribution in [0.5, 0.6) is 0 Å². The topological polar surface area (TPSA) is 49.6 Å². The molecule has 0 radical (unpaired) electrons. The van der Waals surface area contributed by atoms with Crippen molar-refractivity contribution < 1.29 is 4.79 Å². The number of likely N-dealkylation sites (N-methyl/N-ethyl adjacent to an activating group) is 1. The predicted molar refractivity (Wildman–Crippen MR) is 69.9 cm³/mol. The van der Waals surface area contributed by atoms with Gasteiger partial charge in [-0.25, -0.2) is 0 Å². The summed E-state index contributed by atoms with van der Waals surface area (Å²) in [4.78, 5) is 15.4. The molecule has 1 aliphatic heterocycles. The molecule has 4 nitrogen and oxygen atoms in total. The summed E-state index contributed by atoms with van der Waals surface area (Å²) in [6.07, 6.45) is 1.03. The van der Waals surface area contributed by atoms with Gasteiger partial charge in [-0.3, -0.25) is 4.79 Å². The van der Waals surface area contributed by atoms with Crippen molar-refractivity contribution in [3.05, 3.63) is 24.3 Å². The second-order valence-electron chi connectivity index (χ2n) is 4.61. The van der Waals surface area contributed by atoms with E-state index in [-0.39, 0.29) is 5.91 Å². The van der Waals surface area contributed by atoms with Crippen LogP contribution in [0, 0.1) is 0 Å². The van der Waals surface area contributed by atoms with Crippen molar-refractivity contribution in [3.63, 3.8) is 0 Å². The van der Waals surface area contributed by atoms with E-state index in [4.69, 9.17) is 5.73 Å². The van der Waals surface area contributed by atoms with Crippen LogP contribution < -0.4 is 10.6 Å². The Morgan fingerprint density at radius 3 is 2.59 bits per heavy atom. The lowest BCUT2D eigenvalue weighted by Crippen LogP contribution is -2.35. The molecule has 1 atom stereocenters. The second-order valence-corrected chi connectivity index (χ2v) is 4.61. The third kappa shape index (κ3) is 2.52. The van der Waals surface area contributed by atoms with Crippen molar-refractivity contribution in [2.45, 2.75) is 19.4 Å². The molecule has 0 saturated carbocycles. The molecule has 1 saturated heterocycles. The van der Waals surface area contributed by atoms with Crippen LogP contribution in [0.2, 0.25) is 0 Å². The molecule has 1 heterocycles. The normalized spacial score (nSPS) is 19.4. The first-order valence-electron chi connectivity index (χ1n) is 5.92. The molecule has 92 valence electrons. The van der Waals surface area contributed by atoms with Gasteiger partial charge in [-0.1, -0.05) is 0 Å². The van der Waals surface area contributed by atoms with E-state index in [9.17, 15) is 4.79 Å². The van der Waals surface area contributed by atoms with Crippen molar-refractivity contribution in [1.82, 2.24) is 4.90 Å². The maximum atomic E-state index is 11.3. The largest absolute Gasteiger partial charge is 0.399 e. The SMILES string of the molecule is CC(=O)N1CCC(N(C)c2ccc(N)cc2)C1. The summed E-state index contributed by atoms with van der Waals surface area (Å²) in [5, 5.41) is 0. The van der Waals surface area contributed by atoms with Crippen LogP contribution in [0.4, 0.5) is 11.4 Å². The van der Waals surface area contributed by atoms with Gasteiger partial charge in [0, 0.05) is 44.5 Å². The summed E-state index contributed by atoms with van der Waals surface area (Å²) < 4.78 is 0. The molecule has 1 aromatic carbocycles. The van der Waals surface area contributed by atoms with Crippen molar-refractivity contribution in [2.75, 3.05) is 30.8 Å². The lowest BCUT2D eigenvalue weighted by molar-refractivity contribution is -0.127. The van der Waals surface area contributed by atoms with Gasteiger partial charge in [0.1, 0.15) is 0 Å². The minimum atomic E-state index is 0.165. The highest BCUT2D eigenvalue weighted by atomic mass is 16.2. The predicted octanol–water partition coefficient (Wildman–Crippen LogP) is 1.33. The number of nitrogen functional groups attached to an aromatic ring is 1. The number of anilines is 2. The Morgan fingerprint density at radius 1 is 1.41 bits per heavy atom. The van der Waals surface area contributed by atoms with Crippen molar-refractivity contribution in [3.8, 4) is 0 Å². The minimum absolute atomic E-state index is 0.165. The molecule has 2 N–H and O–H groups in total. The van der Waals surface area contributed by atoms with Gasteiger partial charge >= 0.3 is 0 Å². The van der Waals surface area contributed by atoms with Gasteiger partial charge in [0.05, 0.1) is 0 Å². The highest BCUT2D eigenvalue weighted by Crippen LogP contribution is 2.22. The summed E-state index contributed by atoms with van der Waals surface area (Å²) in [6.45, 7) is 3.31. The molecular weight excluding hydrogens is 214 g/mol. The van der Waals surface area contributed by atoms with Crippen LogP contribution in [0.15, 0.2) is 24.3 Å². The van der Waals surface area contributed by atoms with E-state index < -0.39 is 0 Å². The van der Waals surface area contributed by atoms with E-state index in [1.807, 2.05) is 29.2 Å². The van der Waals surface area contributed by atoms with E-state index in [1.165, 1.54) is 0 Å². The summed E-state index contributed by atoms with van der Waals surface area (Å²) in [7, 11) is 2.07. The molecule has 0 spiro atoms. The van der Waals surface area contributed by atoms with E-state index in [2.05, 4.69) is 11.9 Å². The zero-order valence-electron chi connectivity index (χ0n) is 10.4. The molecule has 0 aliphatic carbocycles. The monoisotopic (exact) mass is 233 g/mol. The number of carbonyl (C=O) groups is 1. The average Bonchev–Trinajstić information content (AvgIpc) is 2.78. The Hall–Kier alpha value is -1.71. The first-order chi connectivity index (χ1) is 8.08. The Morgan fingerprint density at radius 2 is 2.06 bits per heavy atom. The summed E-state index contributed by atoms with van der Waals surface area (Å²) in [6, 6.07) is 8.26. The second kappa shape index (κ2) is 4.65. The third-order valence-corrected chi connectivity index (χ3v) is 3.46. The molecule has 17 heavy (non-hydrogen) atoms. The number of benzene rings is 1. The van der Waals surface area contributed by atoms with E-state index >= 15 is 0 Å². The smallest absolute Gasteiger partial charge is 0.219 e. The molecule has 0 bridgehead atoms. The Labute approximate surface area is 102 Å². The number of amides is 1. The molecule has 1 fully saturated rings. The Bertz CT molecular complexity index is 402. The summed E-state index contributed by atoms with van der Waals surface area (Å²) in [5.74, 6) is 0.165. The minimum Gasteiger partial charge on any atom is -0.399 e. The highest BCUT2D eigenvalue weighted by molar-refractivity contribution is 5.73. The molecule has 1 amide bonds. The molecule has 1 aliphatic rings. The van der Waals surface area contributed by atoms with Gasteiger partial charge in [-0.2, -0.15) is 0 Å². The van der Waals surface area contributed by atoms with Gasteiger partial charge in [-0.05, 0) is 30.7 Å². The molecule has 1 unspecified atom stereocenters. The first-order valence-corrected chi connectivity index (χ1v) is 5.92. The average molecular weight is 233 g/mol. The van der Waals surface area contributed by atoms with Crippen LogP contribution in [0.25, 0.3) is 0 Å². The van der Waals surface area contributed by atoms with Crippen molar-refractivity contribution in [2.24, 2.45) is 0 Å². The molecule has 4 heteroatoms. The van der Waals surface area contributed by atoms with Gasteiger partial charge in [0.2, 0.25) is 5.91 Å². The van der Waals surface area contributed by atoms with Gasteiger partial charge in [0.15, 0.2) is 0 Å². The maximum absolute atomic E-state index is 11.3. The number of nitrogens with zero attached hydrogens (tertiary/aromatic N) is 2. The van der Waals surface area contributed by atoms with Crippen LogP contribution in [-0.2, 0) is 4.79 Å². The fourth-order valence-corrected chi connectivity index (χ4v) is 2.26.